The SMILES string of the molecule is [H-].[Li+].[O]=[Mo].[V]. The van der Waals surface area contributed by atoms with Gasteiger partial charge in [-0.25, -0.2) is 0 Å². The molecule has 0 rings (SSSR count). The number of hydrogen-bond donors (Lipinski definition) is 0. The van der Waals surface area contributed by atoms with E-state index in [2.05, 4.69) is 0 Å². The van der Waals surface area contributed by atoms with Gasteiger partial charge in [-0.05, 0) is 0 Å². The van der Waals surface area contributed by atoms with Crippen molar-refractivity contribution in [2.45, 2.75) is 0 Å². The van der Waals surface area contributed by atoms with Crippen LogP contribution in [0.2, 0.25) is 0 Å². The maximum absolute atomic E-state index is 8.26. The standard InChI is InChI=1S/Li.Mo.O.V.H/q+1;;;;-1. The molecule has 0 atom stereocenters. The molecule has 0 fully saturated rings. The minimum absolute atomic E-state index is 0. The molecule has 19 valence electrons. The molecule has 0 aliphatic carbocycles. The smallest absolute Gasteiger partial charge is 0 e. The van der Waals surface area contributed by atoms with E-state index >= 15 is 0 Å². The average molecular weight is 171 g/mol. The Morgan fingerprint density at radius 2 is 1.50 bits per heavy atom. The Kier molecular flexibility index (Phi) is 97.8. The zero-order valence-electron chi connectivity index (χ0n) is 3.26. The molecule has 0 unspecified atom stereocenters. The van der Waals surface area contributed by atoms with Crippen molar-refractivity contribution in [2.24, 2.45) is 0 Å². The minimum Gasteiger partial charge on any atom is 0 e. The van der Waals surface area contributed by atoms with Crippen molar-refractivity contribution in [3.05, 3.63) is 0 Å². The summed E-state index contributed by atoms with van der Waals surface area (Å²) in [5, 5.41) is 0. The third-order valence-corrected chi connectivity index (χ3v) is 0. The summed E-state index contributed by atoms with van der Waals surface area (Å²) in [6, 6.07) is 0. The van der Waals surface area contributed by atoms with Gasteiger partial charge in [0.25, 0.3) is 0 Å². The third kappa shape index (κ3) is 9.38. The van der Waals surface area contributed by atoms with Gasteiger partial charge in [-0.1, -0.05) is 0 Å². The van der Waals surface area contributed by atoms with Crippen LogP contribution in [-0.4, -0.2) is 0 Å². The molecule has 0 heterocycles. The van der Waals surface area contributed by atoms with Crippen molar-refractivity contribution in [1.29, 1.82) is 0 Å². The van der Waals surface area contributed by atoms with Crippen LogP contribution in [0.3, 0.4) is 0 Å². The van der Waals surface area contributed by atoms with Crippen LogP contribution in [0.15, 0.2) is 0 Å². The fourth-order valence-electron chi connectivity index (χ4n) is 0. The molecule has 0 aliphatic heterocycles. The fraction of sp³-hybridized carbons (Fsp3) is 0. The molecule has 0 saturated carbocycles. The predicted molar refractivity (Wildman–Crippen MR) is 1.80 cm³/mol. The van der Waals surface area contributed by atoms with E-state index in [0.29, 0.717) is 19.8 Å². The summed E-state index contributed by atoms with van der Waals surface area (Å²) in [5.74, 6) is 0. The van der Waals surface area contributed by atoms with Crippen molar-refractivity contribution in [1.82, 2.24) is 0 Å². The van der Waals surface area contributed by atoms with Gasteiger partial charge in [-0.3, -0.25) is 0 Å². The van der Waals surface area contributed by atoms with E-state index in [-0.39, 0.29) is 38.8 Å². The molecule has 0 aromatic rings. The Morgan fingerprint density at radius 3 is 1.50 bits per heavy atom. The van der Waals surface area contributed by atoms with Gasteiger partial charge in [0.05, 0.1) is 0 Å². The van der Waals surface area contributed by atoms with Crippen LogP contribution in [0.1, 0.15) is 1.43 Å². The summed E-state index contributed by atoms with van der Waals surface area (Å²) >= 11 is 0.700. The molecular formula is HLiMoOV. The van der Waals surface area contributed by atoms with Crippen LogP contribution in [-0.2, 0) is 41.7 Å². The van der Waals surface area contributed by atoms with Crippen molar-refractivity contribution < 1.29 is 62.0 Å². The zero-order chi connectivity index (χ0) is 2.00. The van der Waals surface area contributed by atoms with Gasteiger partial charge in [0, 0.05) is 18.6 Å². The Hall–Kier alpha value is 1.67. The largest absolute Gasteiger partial charge is 0 e. The molecule has 0 amide bonds. The summed E-state index contributed by atoms with van der Waals surface area (Å²) in [4.78, 5) is 0. The summed E-state index contributed by atoms with van der Waals surface area (Å²) in [7, 11) is 0. The first-order valence-electron chi connectivity index (χ1n) is 0.167. The van der Waals surface area contributed by atoms with E-state index in [1.54, 1.807) is 0 Å². The quantitative estimate of drug-likeness (QED) is 0.355. The monoisotopic (exact) mass is 173 g/mol. The second-order valence-corrected chi connectivity index (χ2v) is 0. The van der Waals surface area contributed by atoms with Gasteiger partial charge in [-0.2, -0.15) is 0 Å². The normalized spacial score (nSPS) is 1.00. The van der Waals surface area contributed by atoms with E-state index in [1.165, 1.54) is 0 Å². The average Bonchev–Trinajstić information content (AvgIpc) is 1.00. The predicted octanol–water partition coefficient (Wildman–Crippen LogP) is -3.01. The molecule has 1 radical (unpaired) electrons. The summed E-state index contributed by atoms with van der Waals surface area (Å²) < 4.78 is 8.26. The second kappa shape index (κ2) is 22.6. The van der Waals surface area contributed by atoms with Crippen molar-refractivity contribution in [3.8, 4) is 0 Å². The first kappa shape index (κ1) is 17.3. The van der Waals surface area contributed by atoms with Crippen LogP contribution in [0.25, 0.3) is 0 Å². The maximum atomic E-state index is 8.26. The molecule has 0 aromatic carbocycles. The number of rotatable bonds is 0. The van der Waals surface area contributed by atoms with Gasteiger partial charge in [0.15, 0.2) is 0 Å². The molecule has 0 bridgehead atoms. The van der Waals surface area contributed by atoms with Gasteiger partial charge in [-0.15, -0.1) is 0 Å². The summed E-state index contributed by atoms with van der Waals surface area (Å²) in [6.07, 6.45) is 0. The second-order valence-electron chi connectivity index (χ2n) is 0. The van der Waals surface area contributed by atoms with Crippen LogP contribution in [0, 0.1) is 0 Å². The van der Waals surface area contributed by atoms with Crippen LogP contribution in [0.5, 0.6) is 0 Å². The third-order valence-electron chi connectivity index (χ3n) is 0. The Balaban J connectivity index is -0.00000000167. The van der Waals surface area contributed by atoms with Crippen LogP contribution < -0.4 is 18.9 Å². The van der Waals surface area contributed by atoms with Crippen molar-refractivity contribution >= 4 is 0 Å². The topological polar surface area (TPSA) is 17.1 Å². The molecule has 1 nitrogen and oxygen atoms in total. The van der Waals surface area contributed by atoms with Crippen molar-refractivity contribution in [2.75, 3.05) is 0 Å². The van der Waals surface area contributed by atoms with Gasteiger partial charge >= 0.3 is 42.0 Å². The molecule has 0 saturated heterocycles. The Labute approximate surface area is 61.7 Å². The van der Waals surface area contributed by atoms with E-state index in [1.807, 2.05) is 0 Å². The molecule has 0 spiro atoms. The zero-order valence-corrected chi connectivity index (χ0v) is 5.67. The first-order chi connectivity index (χ1) is 1.00. The molecule has 4 heavy (non-hydrogen) atoms. The summed E-state index contributed by atoms with van der Waals surface area (Å²) in [6.45, 7) is 0. The Morgan fingerprint density at radius 1 is 1.50 bits per heavy atom. The first-order valence-corrected chi connectivity index (χ1v) is 0.986. The van der Waals surface area contributed by atoms with Gasteiger partial charge in [0.1, 0.15) is 0 Å². The maximum Gasteiger partial charge on any atom is 0 e. The van der Waals surface area contributed by atoms with E-state index in [9.17, 15) is 0 Å². The van der Waals surface area contributed by atoms with Gasteiger partial charge in [0.2, 0.25) is 0 Å². The summed E-state index contributed by atoms with van der Waals surface area (Å²) in [5.41, 5.74) is 0. The van der Waals surface area contributed by atoms with E-state index < -0.39 is 0 Å². The Bertz CT molecular complexity index is 11.6. The number of hydrogen-bond acceptors (Lipinski definition) is 1. The van der Waals surface area contributed by atoms with E-state index in [4.69, 9.17) is 3.40 Å². The van der Waals surface area contributed by atoms with Crippen molar-refractivity contribution in [3.63, 3.8) is 0 Å². The minimum atomic E-state index is 0. The molecule has 0 aliphatic rings. The van der Waals surface area contributed by atoms with E-state index in [0.717, 1.165) is 0 Å². The van der Waals surface area contributed by atoms with Crippen LogP contribution in [0.4, 0.5) is 0 Å². The molecular weight excluding hydrogens is 170 g/mol. The molecule has 0 aromatic heterocycles. The van der Waals surface area contributed by atoms with Crippen LogP contribution >= 0.6 is 0 Å². The molecule has 0 N–H and O–H groups in total. The fourth-order valence-corrected chi connectivity index (χ4v) is 0. The molecule has 4 heteroatoms. The van der Waals surface area contributed by atoms with Gasteiger partial charge < -0.3 is 1.43 Å².